The van der Waals surface area contributed by atoms with Gasteiger partial charge in [0.05, 0.1) is 27.7 Å². The summed E-state index contributed by atoms with van der Waals surface area (Å²) in [5.41, 5.74) is 0. The largest absolute Gasteiger partial charge is 0.472 e. The van der Waals surface area contributed by atoms with Crippen molar-refractivity contribution in [1.29, 1.82) is 0 Å². The van der Waals surface area contributed by atoms with Crippen molar-refractivity contribution >= 4 is 19.8 Å². The normalized spacial score (nSPS) is 13.5. The van der Waals surface area contributed by atoms with Gasteiger partial charge in [0.15, 0.2) is 6.10 Å². The summed E-state index contributed by atoms with van der Waals surface area (Å²) in [6, 6.07) is 0. The van der Waals surface area contributed by atoms with Gasteiger partial charge in [-0.3, -0.25) is 18.6 Å². The van der Waals surface area contributed by atoms with E-state index in [1.165, 1.54) is 167 Å². The highest BCUT2D eigenvalue weighted by atomic mass is 31.2. The van der Waals surface area contributed by atoms with Crippen LogP contribution in [0.3, 0.4) is 0 Å². The van der Waals surface area contributed by atoms with Gasteiger partial charge >= 0.3 is 19.8 Å². The van der Waals surface area contributed by atoms with E-state index in [9.17, 15) is 19.0 Å². The lowest BCUT2D eigenvalue weighted by Crippen LogP contribution is -2.37. The fraction of sp³-hybridized carbons (Fsp3) is 0.957. The molecule has 0 heterocycles. The highest BCUT2D eigenvalue weighted by Crippen LogP contribution is 2.43. The summed E-state index contributed by atoms with van der Waals surface area (Å²) in [4.78, 5) is 35.4. The minimum atomic E-state index is -4.37. The summed E-state index contributed by atoms with van der Waals surface area (Å²) < 4.78 is 34.4. The molecular formula is C46H93NO8P+. The molecule has 0 saturated heterocycles. The summed E-state index contributed by atoms with van der Waals surface area (Å²) in [5.74, 6) is -0.781. The summed E-state index contributed by atoms with van der Waals surface area (Å²) >= 11 is 0. The number of phosphoric ester groups is 1. The van der Waals surface area contributed by atoms with Crippen LogP contribution in [0.15, 0.2) is 0 Å². The average Bonchev–Trinajstić information content (AvgIpc) is 3.15. The van der Waals surface area contributed by atoms with Crippen LogP contribution in [0.5, 0.6) is 0 Å². The average molecular weight is 819 g/mol. The second kappa shape index (κ2) is 39.5. The highest BCUT2D eigenvalue weighted by molar-refractivity contribution is 7.47. The molecular weight excluding hydrogens is 725 g/mol. The van der Waals surface area contributed by atoms with Gasteiger partial charge in [0.1, 0.15) is 19.8 Å². The molecule has 1 N–H and O–H groups in total. The molecule has 0 bridgehead atoms. The van der Waals surface area contributed by atoms with Crippen molar-refractivity contribution in [2.75, 3.05) is 47.5 Å². The molecule has 0 spiro atoms. The van der Waals surface area contributed by atoms with Crippen LogP contribution in [0.1, 0.15) is 232 Å². The maximum Gasteiger partial charge on any atom is 0.472 e. The molecule has 0 aliphatic carbocycles. The molecule has 10 heteroatoms. The topological polar surface area (TPSA) is 108 Å². The number of carbonyl (C=O) groups excluding carboxylic acids is 2. The predicted octanol–water partition coefficient (Wildman–Crippen LogP) is 13.6. The minimum Gasteiger partial charge on any atom is -0.462 e. The maximum absolute atomic E-state index is 12.7. The number of carbonyl (C=O) groups is 2. The smallest absolute Gasteiger partial charge is 0.462 e. The van der Waals surface area contributed by atoms with E-state index in [1.807, 2.05) is 21.1 Å². The van der Waals surface area contributed by atoms with E-state index >= 15 is 0 Å². The molecule has 0 aromatic carbocycles. The molecule has 0 aromatic heterocycles. The number of unbranched alkanes of at least 4 members (excludes halogenated alkanes) is 30. The standard InChI is InChI=1S/C46H92NO8P/c1-6-8-10-12-14-16-18-20-22-23-24-25-27-28-30-32-34-36-38-45(48)52-42-44(43-54-56(50,51)53-41-40-47(3,4)5)55-46(49)39-37-35-33-31-29-26-21-19-17-15-13-11-9-7-2/h44H,6-43H2,1-5H3/p+1. The van der Waals surface area contributed by atoms with E-state index in [0.29, 0.717) is 17.4 Å². The first-order valence-corrected chi connectivity index (χ1v) is 25.3. The summed E-state index contributed by atoms with van der Waals surface area (Å²) in [7, 11) is 1.49. The number of hydrogen-bond acceptors (Lipinski definition) is 7. The van der Waals surface area contributed by atoms with E-state index in [4.69, 9.17) is 18.5 Å². The minimum absolute atomic E-state index is 0.0369. The van der Waals surface area contributed by atoms with Gasteiger partial charge in [0.25, 0.3) is 0 Å². The zero-order valence-electron chi connectivity index (χ0n) is 37.6. The van der Waals surface area contributed by atoms with Gasteiger partial charge in [-0.05, 0) is 12.8 Å². The Bertz CT molecular complexity index is 927. The second-order valence-corrected chi connectivity index (χ2v) is 19.0. The first-order valence-electron chi connectivity index (χ1n) is 23.8. The predicted molar refractivity (Wildman–Crippen MR) is 234 cm³/mol. The summed E-state index contributed by atoms with van der Waals surface area (Å²) in [6.07, 6.45) is 40.0. The molecule has 0 fully saturated rings. The Morgan fingerprint density at radius 2 is 0.804 bits per heavy atom. The third-order valence-corrected chi connectivity index (χ3v) is 11.6. The zero-order valence-corrected chi connectivity index (χ0v) is 38.5. The van der Waals surface area contributed by atoms with Gasteiger partial charge in [-0.15, -0.1) is 0 Å². The number of hydrogen-bond donors (Lipinski definition) is 1. The molecule has 0 aliphatic heterocycles. The van der Waals surface area contributed by atoms with Crippen LogP contribution in [-0.2, 0) is 32.7 Å². The van der Waals surface area contributed by atoms with Crippen molar-refractivity contribution in [3.63, 3.8) is 0 Å². The quantitative estimate of drug-likeness (QED) is 0.0280. The van der Waals surface area contributed by atoms with Crippen molar-refractivity contribution < 1.29 is 42.1 Å². The van der Waals surface area contributed by atoms with E-state index in [2.05, 4.69) is 13.8 Å². The number of ether oxygens (including phenoxy) is 2. The van der Waals surface area contributed by atoms with E-state index < -0.39 is 26.5 Å². The first-order chi connectivity index (χ1) is 27.0. The molecule has 56 heavy (non-hydrogen) atoms. The first kappa shape index (κ1) is 55.0. The lowest BCUT2D eigenvalue weighted by molar-refractivity contribution is -0.870. The van der Waals surface area contributed by atoms with Crippen molar-refractivity contribution in [3.05, 3.63) is 0 Å². The molecule has 2 atom stereocenters. The van der Waals surface area contributed by atoms with Gasteiger partial charge in [-0.25, -0.2) is 4.57 Å². The Kier molecular flexibility index (Phi) is 38.8. The van der Waals surface area contributed by atoms with E-state index in [-0.39, 0.29) is 25.6 Å². The van der Waals surface area contributed by atoms with E-state index in [0.717, 1.165) is 38.5 Å². The van der Waals surface area contributed by atoms with Crippen molar-refractivity contribution in [1.82, 2.24) is 0 Å². The van der Waals surface area contributed by atoms with Crippen LogP contribution in [0, 0.1) is 0 Å². The molecule has 0 rings (SSSR count). The fourth-order valence-electron chi connectivity index (χ4n) is 6.90. The van der Waals surface area contributed by atoms with Crippen LogP contribution in [0.2, 0.25) is 0 Å². The Labute approximate surface area is 346 Å². The SMILES string of the molecule is CCCCCCCCCCCCCCCCCCCCC(=O)OCC(COP(=O)(O)OCC[N+](C)(C)C)OC(=O)CCCCCCCCCCCCCCCC. The molecule has 0 amide bonds. The number of esters is 2. The van der Waals surface area contributed by atoms with Crippen LogP contribution in [0.25, 0.3) is 0 Å². The van der Waals surface area contributed by atoms with Gasteiger partial charge in [-0.2, -0.15) is 0 Å². The number of quaternary nitrogens is 1. The van der Waals surface area contributed by atoms with Gasteiger partial charge in [0, 0.05) is 12.8 Å². The van der Waals surface area contributed by atoms with Gasteiger partial charge < -0.3 is 18.9 Å². The molecule has 0 saturated carbocycles. The Morgan fingerprint density at radius 1 is 0.482 bits per heavy atom. The molecule has 0 aromatic rings. The molecule has 2 unspecified atom stereocenters. The Morgan fingerprint density at radius 3 is 1.14 bits per heavy atom. The van der Waals surface area contributed by atoms with Crippen molar-refractivity contribution in [2.24, 2.45) is 0 Å². The molecule has 9 nitrogen and oxygen atoms in total. The number of nitrogens with zero attached hydrogens (tertiary/aromatic N) is 1. The Hall–Kier alpha value is -0.990. The third-order valence-electron chi connectivity index (χ3n) is 10.6. The zero-order chi connectivity index (χ0) is 41.4. The van der Waals surface area contributed by atoms with Gasteiger partial charge in [0.2, 0.25) is 0 Å². The van der Waals surface area contributed by atoms with Crippen LogP contribution >= 0.6 is 7.82 Å². The third kappa shape index (κ3) is 42.6. The second-order valence-electron chi connectivity index (χ2n) is 17.5. The van der Waals surface area contributed by atoms with Gasteiger partial charge in [-0.1, -0.05) is 206 Å². The summed E-state index contributed by atoms with van der Waals surface area (Å²) in [6.45, 7) is 4.47. The van der Waals surface area contributed by atoms with E-state index in [1.54, 1.807) is 0 Å². The molecule has 0 aliphatic rings. The number of rotatable bonds is 44. The molecule has 0 radical (unpaired) electrons. The maximum atomic E-state index is 12.7. The monoisotopic (exact) mass is 819 g/mol. The lowest BCUT2D eigenvalue weighted by atomic mass is 10.0. The molecule has 334 valence electrons. The fourth-order valence-corrected chi connectivity index (χ4v) is 7.64. The van der Waals surface area contributed by atoms with Crippen molar-refractivity contribution in [2.45, 2.75) is 238 Å². The Balaban J connectivity index is 4.24. The van der Waals surface area contributed by atoms with Crippen LogP contribution < -0.4 is 0 Å². The lowest BCUT2D eigenvalue weighted by Gasteiger charge is -2.24. The number of phosphoric acid groups is 1. The highest BCUT2D eigenvalue weighted by Gasteiger charge is 2.27. The van der Waals surface area contributed by atoms with Crippen molar-refractivity contribution in [3.8, 4) is 0 Å². The van der Waals surface area contributed by atoms with Crippen LogP contribution in [-0.4, -0.2) is 74.9 Å². The summed E-state index contributed by atoms with van der Waals surface area (Å²) in [5, 5.41) is 0. The van der Waals surface area contributed by atoms with Crippen LogP contribution in [0.4, 0.5) is 0 Å². The number of likely N-dealkylation sites (N-methyl/N-ethyl adjacent to an activating group) is 1.